The molecule has 3 fully saturated rings. The number of nitrogens with zero attached hydrogens (tertiary/aromatic N) is 1. The molecule has 2 heteroatoms. The first-order valence-corrected chi connectivity index (χ1v) is 8.26. The van der Waals surface area contributed by atoms with Crippen LogP contribution < -0.4 is 5.32 Å². The summed E-state index contributed by atoms with van der Waals surface area (Å²) >= 11 is 0. The second-order valence-corrected chi connectivity index (χ2v) is 7.12. The van der Waals surface area contributed by atoms with Gasteiger partial charge in [0.05, 0.1) is 0 Å². The van der Waals surface area contributed by atoms with Crippen LogP contribution in [0.25, 0.3) is 0 Å². The maximum atomic E-state index is 3.91. The predicted molar refractivity (Wildman–Crippen MR) is 76.7 cm³/mol. The van der Waals surface area contributed by atoms with E-state index in [0.717, 1.165) is 23.9 Å². The molecular weight excluding hydrogens is 220 g/mol. The van der Waals surface area contributed by atoms with Gasteiger partial charge < -0.3 is 10.2 Å². The van der Waals surface area contributed by atoms with Gasteiger partial charge in [-0.15, -0.1) is 0 Å². The molecule has 1 saturated heterocycles. The van der Waals surface area contributed by atoms with Gasteiger partial charge in [-0.05, 0) is 51.0 Å². The summed E-state index contributed by atoms with van der Waals surface area (Å²) in [5.74, 6) is 2.00. The van der Waals surface area contributed by atoms with Crippen LogP contribution in [0.1, 0.15) is 57.8 Å². The number of fused-ring (bicyclic) bond motifs is 1. The Morgan fingerprint density at radius 3 is 2.44 bits per heavy atom. The molecule has 18 heavy (non-hydrogen) atoms. The third kappa shape index (κ3) is 3.08. The van der Waals surface area contributed by atoms with Crippen molar-refractivity contribution in [3.8, 4) is 0 Å². The molecule has 2 aliphatic carbocycles. The highest BCUT2D eigenvalue weighted by Gasteiger charge is 2.35. The van der Waals surface area contributed by atoms with E-state index >= 15 is 0 Å². The van der Waals surface area contributed by atoms with E-state index in [9.17, 15) is 0 Å². The van der Waals surface area contributed by atoms with Gasteiger partial charge in [0.15, 0.2) is 0 Å². The zero-order valence-corrected chi connectivity index (χ0v) is 12.0. The Morgan fingerprint density at radius 1 is 0.944 bits per heavy atom. The normalized spacial score (nSPS) is 37.3. The van der Waals surface area contributed by atoms with Gasteiger partial charge in [0.25, 0.3) is 0 Å². The molecule has 3 aliphatic rings. The fourth-order valence-corrected chi connectivity index (χ4v) is 4.66. The third-order valence-electron chi connectivity index (χ3n) is 5.52. The van der Waals surface area contributed by atoms with Crippen LogP contribution in [0.3, 0.4) is 0 Å². The highest BCUT2D eigenvalue weighted by molar-refractivity contribution is 4.93. The lowest BCUT2D eigenvalue weighted by Crippen LogP contribution is -2.40. The minimum Gasteiger partial charge on any atom is -0.310 e. The molecule has 2 saturated carbocycles. The topological polar surface area (TPSA) is 15.3 Å². The van der Waals surface area contributed by atoms with Crippen molar-refractivity contribution in [1.82, 2.24) is 10.2 Å². The largest absolute Gasteiger partial charge is 0.310 e. The number of hydrogen-bond acceptors (Lipinski definition) is 2. The SMILES string of the molecule is CN(CC1CCCC1)CC1CC2CCCCC2N1. The van der Waals surface area contributed by atoms with Crippen LogP contribution in [0.2, 0.25) is 0 Å². The molecule has 0 aromatic rings. The molecule has 0 aromatic carbocycles. The fourth-order valence-electron chi connectivity index (χ4n) is 4.66. The highest BCUT2D eigenvalue weighted by atomic mass is 15.1. The van der Waals surface area contributed by atoms with Gasteiger partial charge in [0.2, 0.25) is 0 Å². The molecule has 1 heterocycles. The van der Waals surface area contributed by atoms with Gasteiger partial charge in [0.1, 0.15) is 0 Å². The first-order valence-electron chi connectivity index (χ1n) is 8.26. The average molecular weight is 250 g/mol. The molecule has 0 radical (unpaired) electrons. The standard InChI is InChI=1S/C16H30N2/c1-18(11-13-6-2-3-7-13)12-15-10-14-8-4-5-9-16(14)17-15/h13-17H,2-12H2,1H3. The molecule has 3 rings (SSSR count). The van der Waals surface area contributed by atoms with Gasteiger partial charge in [-0.1, -0.05) is 25.7 Å². The van der Waals surface area contributed by atoms with Crippen LogP contribution in [0.4, 0.5) is 0 Å². The summed E-state index contributed by atoms with van der Waals surface area (Å²) in [6.45, 7) is 2.62. The van der Waals surface area contributed by atoms with Gasteiger partial charge in [-0.2, -0.15) is 0 Å². The number of likely N-dealkylation sites (N-methyl/N-ethyl adjacent to an activating group) is 1. The summed E-state index contributed by atoms with van der Waals surface area (Å²) in [5, 5.41) is 3.91. The molecule has 0 spiro atoms. The molecule has 1 aliphatic heterocycles. The first-order chi connectivity index (χ1) is 8.81. The van der Waals surface area contributed by atoms with Crippen molar-refractivity contribution >= 4 is 0 Å². The average Bonchev–Trinajstić information content (AvgIpc) is 2.96. The minimum atomic E-state index is 0.782. The molecule has 0 bridgehead atoms. The van der Waals surface area contributed by atoms with E-state index in [-0.39, 0.29) is 0 Å². The van der Waals surface area contributed by atoms with E-state index in [0.29, 0.717) is 0 Å². The molecule has 1 N–H and O–H groups in total. The second-order valence-electron chi connectivity index (χ2n) is 7.12. The molecule has 104 valence electrons. The van der Waals surface area contributed by atoms with Crippen molar-refractivity contribution < 1.29 is 0 Å². The first kappa shape index (κ1) is 12.9. The zero-order valence-electron chi connectivity index (χ0n) is 12.0. The molecule has 2 nitrogen and oxygen atoms in total. The smallest absolute Gasteiger partial charge is 0.0200 e. The van der Waals surface area contributed by atoms with Crippen molar-refractivity contribution in [3.05, 3.63) is 0 Å². The lowest BCUT2D eigenvalue weighted by molar-refractivity contribution is 0.253. The van der Waals surface area contributed by atoms with Crippen LogP contribution in [0.5, 0.6) is 0 Å². The number of rotatable bonds is 4. The van der Waals surface area contributed by atoms with E-state index < -0.39 is 0 Å². The highest BCUT2D eigenvalue weighted by Crippen LogP contribution is 2.33. The maximum absolute atomic E-state index is 3.91. The Bertz CT molecular complexity index is 246. The lowest BCUT2D eigenvalue weighted by atomic mass is 9.85. The Labute approximate surface area is 113 Å². The second kappa shape index (κ2) is 5.92. The van der Waals surface area contributed by atoms with Crippen LogP contribution in [-0.2, 0) is 0 Å². The van der Waals surface area contributed by atoms with E-state index in [1.807, 2.05) is 0 Å². The lowest BCUT2D eigenvalue weighted by Gasteiger charge is -2.25. The van der Waals surface area contributed by atoms with Gasteiger partial charge in [-0.25, -0.2) is 0 Å². The monoisotopic (exact) mass is 250 g/mol. The van der Waals surface area contributed by atoms with Crippen molar-refractivity contribution in [1.29, 1.82) is 0 Å². The predicted octanol–water partition coefficient (Wildman–Crippen LogP) is 3.03. The third-order valence-corrected chi connectivity index (χ3v) is 5.52. The Morgan fingerprint density at radius 2 is 1.67 bits per heavy atom. The minimum absolute atomic E-state index is 0.782. The van der Waals surface area contributed by atoms with Crippen LogP contribution in [0.15, 0.2) is 0 Å². The van der Waals surface area contributed by atoms with Gasteiger partial charge >= 0.3 is 0 Å². The Hall–Kier alpha value is -0.0800. The summed E-state index contributed by atoms with van der Waals surface area (Å²) in [6, 6.07) is 1.65. The number of hydrogen-bond donors (Lipinski definition) is 1. The van der Waals surface area contributed by atoms with Crippen molar-refractivity contribution in [2.75, 3.05) is 20.1 Å². The Kier molecular flexibility index (Phi) is 4.25. The van der Waals surface area contributed by atoms with Crippen molar-refractivity contribution in [2.24, 2.45) is 11.8 Å². The van der Waals surface area contributed by atoms with Gasteiger partial charge in [-0.3, -0.25) is 0 Å². The summed E-state index contributed by atoms with van der Waals surface area (Å²) in [6.07, 6.45) is 13.2. The molecule has 0 amide bonds. The maximum Gasteiger partial charge on any atom is 0.0200 e. The zero-order chi connectivity index (χ0) is 12.4. The van der Waals surface area contributed by atoms with Crippen LogP contribution >= 0.6 is 0 Å². The van der Waals surface area contributed by atoms with E-state index in [1.54, 1.807) is 0 Å². The number of nitrogens with one attached hydrogen (secondary N) is 1. The molecular formula is C16H30N2. The van der Waals surface area contributed by atoms with Crippen LogP contribution in [-0.4, -0.2) is 37.1 Å². The molecule has 3 unspecified atom stereocenters. The van der Waals surface area contributed by atoms with Crippen molar-refractivity contribution in [3.63, 3.8) is 0 Å². The summed E-state index contributed by atoms with van der Waals surface area (Å²) in [5.41, 5.74) is 0. The Balaban J connectivity index is 1.42. The van der Waals surface area contributed by atoms with Crippen LogP contribution in [0, 0.1) is 11.8 Å². The summed E-state index contributed by atoms with van der Waals surface area (Å²) in [7, 11) is 2.34. The summed E-state index contributed by atoms with van der Waals surface area (Å²) in [4.78, 5) is 2.60. The summed E-state index contributed by atoms with van der Waals surface area (Å²) < 4.78 is 0. The van der Waals surface area contributed by atoms with E-state index in [4.69, 9.17) is 0 Å². The molecule has 3 atom stereocenters. The van der Waals surface area contributed by atoms with Gasteiger partial charge in [0, 0.05) is 25.2 Å². The van der Waals surface area contributed by atoms with E-state index in [2.05, 4.69) is 17.3 Å². The quantitative estimate of drug-likeness (QED) is 0.825. The van der Waals surface area contributed by atoms with Crippen molar-refractivity contribution in [2.45, 2.75) is 69.9 Å². The van der Waals surface area contributed by atoms with E-state index in [1.165, 1.54) is 70.9 Å². The fraction of sp³-hybridized carbons (Fsp3) is 1.00. The molecule has 0 aromatic heterocycles.